The Labute approximate surface area is 110 Å². The van der Waals surface area contributed by atoms with Crippen LogP contribution in [0.1, 0.15) is 13.8 Å². The summed E-state index contributed by atoms with van der Waals surface area (Å²) in [5, 5.41) is 0. The number of methoxy groups -OCH3 is 1. The Morgan fingerprint density at radius 3 is 2.06 bits per heavy atom. The molecule has 0 aliphatic heterocycles. The SMILES string of the molecule is COCCOCCOCCN(CCCl)C(C)C. The second-order valence-electron chi connectivity index (χ2n) is 4.04. The average molecular weight is 268 g/mol. The Morgan fingerprint density at radius 2 is 1.53 bits per heavy atom. The maximum absolute atomic E-state index is 5.74. The lowest BCUT2D eigenvalue weighted by molar-refractivity contribution is 0.0180. The van der Waals surface area contributed by atoms with Crippen molar-refractivity contribution in [1.29, 1.82) is 0 Å². The standard InChI is InChI=1S/C12H26ClNO3/c1-12(2)14(5-4-13)6-7-16-10-11-17-9-8-15-3/h12H,4-11H2,1-3H3. The molecule has 0 bridgehead atoms. The molecule has 17 heavy (non-hydrogen) atoms. The average Bonchev–Trinajstić information content (AvgIpc) is 2.31. The fraction of sp³-hybridized carbons (Fsp3) is 1.00. The van der Waals surface area contributed by atoms with E-state index in [-0.39, 0.29) is 0 Å². The van der Waals surface area contributed by atoms with Crippen molar-refractivity contribution in [3.05, 3.63) is 0 Å². The molecule has 0 fully saturated rings. The molecular weight excluding hydrogens is 242 g/mol. The van der Waals surface area contributed by atoms with Crippen molar-refractivity contribution < 1.29 is 14.2 Å². The van der Waals surface area contributed by atoms with Gasteiger partial charge in [0.2, 0.25) is 0 Å². The fourth-order valence-electron chi connectivity index (χ4n) is 1.38. The Kier molecular flexibility index (Phi) is 12.7. The predicted octanol–water partition coefficient (Wildman–Crippen LogP) is 1.62. The Bertz CT molecular complexity index is 159. The summed E-state index contributed by atoms with van der Waals surface area (Å²) in [6.45, 7) is 9.41. The number of alkyl halides is 1. The molecule has 0 aromatic rings. The molecule has 0 radical (unpaired) electrons. The minimum absolute atomic E-state index is 0.510. The van der Waals surface area contributed by atoms with E-state index >= 15 is 0 Å². The minimum Gasteiger partial charge on any atom is -0.382 e. The molecule has 5 heteroatoms. The lowest BCUT2D eigenvalue weighted by Crippen LogP contribution is -2.35. The zero-order valence-corrected chi connectivity index (χ0v) is 12.0. The summed E-state index contributed by atoms with van der Waals surface area (Å²) in [6.07, 6.45) is 0. The van der Waals surface area contributed by atoms with Crippen LogP contribution in [-0.4, -0.2) is 70.1 Å². The summed E-state index contributed by atoms with van der Waals surface area (Å²) < 4.78 is 15.7. The molecule has 4 nitrogen and oxygen atoms in total. The largest absolute Gasteiger partial charge is 0.382 e. The van der Waals surface area contributed by atoms with Gasteiger partial charge in [0, 0.05) is 32.1 Å². The summed E-state index contributed by atoms with van der Waals surface area (Å²) in [6, 6.07) is 0.510. The van der Waals surface area contributed by atoms with E-state index in [0.717, 1.165) is 19.7 Å². The van der Waals surface area contributed by atoms with E-state index < -0.39 is 0 Å². The third-order valence-corrected chi connectivity index (χ3v) is 2.60. The van der Waals surface area contributed by atoms with Gasteiger partial charge < -0.3 is 14.2 Å². The molecule has 0 spiro atoms. The quantitative estimate of drug-likeness (QED) is 0.397. The molecule has 0 aliphatic carbocycles. The third-order valence-electron chi connectivity index (χ3n) is 2.43. The van der Waals surface area contributed by atoms with Gasteiger partial charge in [-0.2, -0.15) is 0 Å². The number of ether oxygens (including phenoxy) is 3. The van der Waals surface area contributed by atoms with Gasteiger partial charge in [0.25, 0.3) is 0 Å². The Hall–Kier alpha value is 0.130. The molecule has 0 aliphatic rings. The van der Waals surface area contributed by atoms with Crippen LogP contribution in [0, 0.1) is 0 Å². The molecule has 104 valence electrons. The molecule has 0 heterocycles. The highest BCUT2D eigenvalue weighted by Gasteiger charge is 2.07. The lowest BCUT2D eigenvalue weighted by Gasteiger charge is -2.25. The van der Waals surface area contributed by atoms with Gasteiger partial charge in [-0.05, 0) is 13.8 Å². The molecule has 0 aromatic carbocycles. The predicted molar refractivity (Wildman–Crippen MR) is 70.9 cm³/mol. The smallest absolute Gasteiger partial charge is 0.0701 e. The molecule has 0 amide bonds. The third kappa shape index (κ3) is 11.0. The van der Waals surface area contributed by atoms with Crippen molar-refractivity contribution in [1.82, 2.24) is 4.90 Å². The molecule has 0 unspecified atom stereocenters. The van der Waals surface area contributed by atoms with Gasteiger partial charge >= 0.3 is 0 Å². The molecular formula is C12H26ClNO3. The van der Waals surface area contributed by atoms with E-state index in [1.54, 1.807) is 7.11 Å². The molecule has 0 atom stereocenters. The lowest BCUT2D eigenvalue weighted by atomic mass is 10.3. The van der Waals surface area contributed by atoms with Crippen LogP contribution in [0.2, 0.25) is 0 Å². The van der Waals surface area contributed by atoms with Crippen molar-refractivity contribution in [3.63, 3.8) is 0 Å². The number of hydrogen-bond acceptors (Lipinski definition) is 4. The van der Waals surface area contributed by atoms with Gasteiger partial charge in [-0.25, -0.2) is 0 Å². The molecule has 0 N–H and O–H groups in total. The maximum atomic E-state index is 5.74. The van der Waals surface area contributed by atoms with Crippen molar-refractivity contribution in [3.8, 4) is 0 Å². The van der Waals surface area contributed by atoms with Crippen molar-refractivity contribution in [2.45, 2.75) is 19.9 Å². The second-order valence-corrected chi connectivity index (χ2v) is 4.41. The van der Waals surface area contributed by atoms with Crippen LogP contribution >= 0.6 is 11.6 Å². The molecule has 0 saturated heterocycles. The van der Waals surface area contributed by atoms with Crippen LogP contribution in [0.15, 0.2) is 0 Å². The van der Waals surface area contributed by atoms with E-state index in [0.29, 0.717) is 38.3 Å². The Balaban J connectivity index is 3.30. The van der Waals surface area contributed by atoms with E-state index in [9.17, 15) is 0 Å². The monoisotopic (exact) mass is 267 g/mol. The zero-order chi connectivity index (χ0) is 12.9. The highest BCUT2D eigenvalue weighted by molar-refractivity contribution is 6.18. The van der Waals surface area contributed by atoms with E-state index in [4.69, 9.17) is 25.8 Å². The van der Waals surface area contributed by atoms with Crippen LogP contribution in [0.3, 0.4) is 0 Å². The topological polar surface area (TPSA) is 30.9 Å². The molecule has 0 rings (SSSR count). The minimum atomic E-state index is 0.510. The first-order chi connectivity index (χ1) is 8.22. The number of halogens is 1. The van der Waals surface area contributed by atoms with Gasteiger partial charge in [-0.15, -0.1) is 11.6 Å². The number of rotatable bonds is 12. The van der Waals surface area contributed by atoms with E-state index in [2.05, 4.69) is 18.7 Å². The summed E-state index contributed by atoms with van der Waals surface area (Å²) in [4.78, 5) is 2.30. The highest BCUT2D eigenvalue weighted by Crippen LogP contribution is 1.98. The number of nitrogens with zero attached hydrogens (tertiary/aromatic N) is 1. The van der Waals surface area contributed by atoms with Crippen molar-refractivity contribution in [2.75, 3.05) is 59.1 Å². The summed E-state index contributed by atoms with van der Waals surface area (Å²) in [5.74, 6) is 0.665. The van der Waals surface area contributed by atoms with Crippen LogP contribution in [0.4, 0.5) is 0 Å². The second kappa shape index (κ2) is 12.6. The summed E-state index contributed by atoms with van der Waals surface area (Å²) >= 11 is 5.74. The van der Waals surface area contributed by atoms with Crippen LogP contribution in [-0.2, 0) is 14.2 Å². The Morgan fingerprint density at radius 1 is 0.941 bits per heavy atom. The van der Waals surface area contributed by atoms with Crippen molar-refractivity contribution in [2.24, 2.45) is 0 Å². The van der Waals surface area contributed by atoms with Gasteiger partial charge in [0.1, 0.15) is 0 Å². The summed E-state index contributed by atoms with van der Waals surface area (Å²) in [7, 11) is 1.66. The first-order valence-corrected chi connectivity index (χ1v) is 6.70. The first-order valence-electron chi connectivity index (χ1n) is 6.16. The van der Waals surface area contributed by atoms with Gasteiger partial charge in [0.05, 0.1) is 33.0 Å². The van der Waals surface area contributed by atoms with E-state index in [1.165, 1.54) is 0 Å². The number of hydrogen-bond donors (Lipinski definition) is 0. The van der Waals surface area contributed by atoms with Gasteiger partial charge in [-0.1, -0.05) is 0 Å². The summed E-state index contributed by atoms with van der Waals surface area (Å²) in [5.41, 5.74) is 0. The molecule has 0 aromatic heterocycles. The first kappa shape index (κ1) is 17.1. The van der Waals surface area contributed by atoms with Gasteiger partial charge in [0.15, 0.2) is 0 Å². The fourth-order valence-corrected chi connectivity index (χ4v) is 1.60. The van der Waals surface area contributed by atoms with E-state index in [1.807, 2.05) is 0 Å². The van der Waals surface area contributed by atoms with Crippen LogP contribution < -0.4 is 0 Å². The van der Waals surface area contributed by atoms with Crippen molar-refractivity contribution >= 4 is 11.6 Å². The van der Waals surface area contributed by atoms with Crippen LogP contribution in [0.25, 0.3) is 0 Å². The van der Waals surface area contributed by atoms with Gasteiger partial charge in [-0.3, -0.25) is 4.90 Å². The molecule has 0 saturated carbocycles. The van der Waals surface area contributed by atoms with Crippen LogP contribution in [0.5, 0.6) is 0 Å². The zero-order valence-electron chi connectivity index (χ0n) is 11.3. The maximum Gasteiger partial charge on any atom is 0.0701 e. The normalized spacial score (nSPS) is 11.6. The highest BCUT2D eigenvalue weighted by atomic mass is 35.5.